The molecule has 2 atom stereocenters. The first-order valence-corrected chi connectivity index (χ1v) is 17.2. The number of ether oxygens (including phenoxy) is 1. The Bertz CT molecular complexity index is 1730. The van der Waals surface area contributed by atoms with E-state index in [1.807, 2.05) is 58.0 Å². The highest BCUT2D eigenvalue weighted by atomic mass is 32.2. The summed E-state index contributed by atoms with van der Waals surface area (Å²) in [5.41, 5.74) is 2.10. The molecule has 0 aliphatic carbocycles. The second-order valence-electron chi connectivity index (χ2n) is 11.4. The average Bonchev–Trinajstić information content (AvgIpc) is 3.07. The average molecular weight is 660 g/mol. The molecule has 2 amide bonds. The van der Waals surface area contributed by atoms with E-state index in [1.54, 1.807) is 54.6 Å². The molecule has 47 heavy (non-hydrogen) atoms. The molecule has 4 rings (SSSR count). The van der Waals surface area contributed by atoms with Gasteiger partial charge in [0.25, 0.3) is 10.0 Å². The third-order valence-corrected chi connectivity index (χ3v) is 9.68. The van der Waals surface area contributed by atoms with Gasteiger partial charge in [-0.2, -0.15) is 0 Å². The predicted octanol–water partition coefficient (Wildman–Crippen LogP) is 6.28. The van der Waals surface area contributed by atoms with E-state index in [2.05, 4.69) is 5.32 Å². The van der Waals surface area contributed by atoms with Crippen molar-refractivity contribution in [2.45, 2.75) is 64.1 Å². The van der Waals surface area contributed by atoms with E-state index in [4.69, 9.17) is 4.74 Å². The van der Waals surface area contributed by atoms with Gasteiger partial charge in [0.05, 0.1) is 17.2 Å². The zero-order chi connectivity index (χ0) is 34.0. The molecule has 0 fully saturated rings. The Morgan fingerprint density at radius 2 is 1.51 bits per heavy atom. The topological polar surface area (TPSA) is 96.0 Å². The molecule has 10 heteroatoms. The standard InChI is InChI=1S/C37H42FN3O5S/c1-5-28(4)39-37(43)35(24-29-12-8-7-9-13-29)40(25-30-14-10-11-15-34(30)38)36(42)26-41(31-18-20-32(21-19-31)46-6-2)47(44,45)33-22-16-27(3)17-23-33/h7-23,28,35H,5-6,24-26H2,1-4H3,(H,39,43)/t28-,35+/m1/s1. The summed E-state index contributed by atoms with van der Waals surface area (Å²) in [5, 5.41) is 2.98. The number of benzene rings is 4. The van der Waals surface area contributed by atoms with Gasteiger partial charge in [-0.1, -0.05) is 73.2 Å². The molecule has 0 aromatic heterocycles. The highest BCUT2D eigenvalue weighted by Crippen LogP contribution is 2.27. The van der Waals surface area contributed by atoms with E-state index in [9.17, 15) is 18.0 Å². The number of anilines is 1. The monoisotopic (exact) mass is 659 g/mol. The molecule has 4 aromatic rings. The number of nitrogens with one attached hydrogen (secondary N) is 1. The lowest BCUT2D eigenvalue weighted by Gasteiger charge is -2.34. The summed E-state index contributed by atoms with van der Waals surface area (Å²) < 4.78 is 50.0. The van der Waals surface area contributed by atoms with Crippen LogP contribution in [-0.2, 0) is 32.6 Å². The number of halogens is 1. The Morgan fingerprint density at radius 3 is 2.13 bits per heavy atom. The lowest BCUT2D eigenvalue weighted by molar-refractivity contribution is -0.140. The van der Waals surface area contributed by atoms with Crippen LogP contribution in [0.2, 0.25) is 0 Å². The predicted molar refractivity (Wildman–Crippen MR) is 182 cm³/mol. The van der Waals surface area contributed by atoms with Gasteiger partial charge in [-0.05, 0) is 75.2 Å². The maximum Gasteiger partial charge on any atom is 0.264 e. The van der Waals surface area contributed by atoms with Crippen molar-refractivity contribution in [1.29, 1.82) is 0 Å². The molecule has 0 radical (unpaired) electrons. The van der Waals surface area contributed by atoms with Crippen molar-refractivity contribution in [2.24, 2.45) is 0 Å². The highest BCUT2D eigenvalue weighted by Gasteiger charge is 2.35. The van der Waals surface area contributed by atoms with E-state index in [-0.39, 0.29) is 35.2 Å². The summed E-state index contributed by atoms with van der Waals surface area (Å²) in [5.74, 6) is -1.08. The molecule has 0 saturated carbocycles. The lowest BCUT2D eigenvalue weighted by atomic mass is 10.0. The number of aryl methyl sites for hydroxylation is 1. The summed E-state index contributed by atoms with van der Waals surface area (Å²) in [6.07, 6.45) is 0.794. The largest absolute Gasteiger partial charge is 0.494 e. The van der Waals surface area contributed by atoms with Crippen molar-refractivity contribution in [2.75, 3.05) is 17.5 Å². The minimum Gasteiger partial charge on any atom is -0.494 e. The Kier molecular flexibility index (Phi) is 12.1. The number of nitrogens with zero attached hydrogens (tertiary/aromatic N) is 2. The summed E-state index contributed by atoms with van der Waals surface area (Å²) in [7, 11) is -4.26. The number of carbonyl (C=O) groups excluding carboxylic acids is 2. The van der Waals surface area contributed by atoms with Gasteiger partial charge in [-0.25, -0.2) is 12.8 Å². The lowest BCUT2D eigenvalue weighted by Crippen LogP contribution is -2.54. The van der Waals surface area contributed by atoms with Gasteiger partial charge in [0.15, 0.2) is 0 Å². The van der Waals surface area contributed by atoms with Crippen LogP contribution in [0.4, 0.5) is 10.1 Å². The molecule has 1 N–H and O–H groups in total. The van der Waals surface area contributed by atoms with Gasteiger partial charge in [0.1, 0.15) is 24.2 Å². The van der Waals surface area contributed by atoms with Crippen molar-refractivity contribution in [1.82, 2.24) is 10.2 Å². The molecule has 0 bridgehead atoms. The number of rotatable bonds is 15. The smallest absolute Gasteiger partial charge is 0.264 e. The van der Waals surface area contributed by atoms with Gasteiger partial charge in [0, 0.05) is 24.6 Å². The van der Waals surface area contributed by atoms with Crippen LogP contribution in [-0.4, -0.2) is 50.4 Å². The minimum atomic E-state index is -4.26. The zero-order valence-electron chi connectivity index (χ0n) is 27.2. The summed E-state index contributed by atoms with van der Waals surface area (Å²) >= 11 is 0. The molecule has 0 unspecified atom stereocenters. The van der Waals surface area contributed by atoms with E-state index < -0.39 is 40.2 Å². The van der Waals surface area contributed by atoms with Crippen LogP contribution in [0.5, 0.6) is 5.75 Å². The second kappa shape index (κ2) is 16.2. The molecule has 4 aromatic carbocycles. The maximum absolute atomic E-state index is 15.1. The number of carbonyl (C=O) groups is 2. The number of amides is 2. The fraction of sp³-hybridized carbons (Fsp3) is 0.297. The quantitative estimate of drug-likeness (QED) is 0.162. The first-order chi connectivity index (χ1) is 22.5. The van der Waals surface area contributed by atoms with Crippen LogP contribution in [0.25, 0.3) is 0 Å². The van der Waals surface area contributed by atoms with Crippen LogP contribution in [0.3, 0.4) is 0 Å². The van der Waals surface area contributed by atoms with Crippen LogP contribution in [0.1, 0.15) is 43.9 Å². The molecule has 8 nitrogen and oxygen atoms in total. The van der Waals surface area contributed by atoms with Crippen molar-refractivity contribution in [3.05, 3.63) is 126 Å². The van der Waals surface area contributed by atoms with E-state index in [0.717, 1.165) is 15.4 Å². The second-order valence-corrected chi connectivity index (χ2v) is 13.3. The fourth-order valence-electron chi connectivity index (χ4n) is 5.05. The van der Waals surface area contributed by atoms with Crippen molar-refractivity contribution in [3.8, 4) is 5.75 Å². The van der Waals surface area contributed by atoms with Gasteiger partial charge in [0.2, 0.25) is 11.8 Å². The third kappa shape index (κ3) is 9.19. The minimum absolute atomic E-state index is 0.000729. The van der Waals surface area contributed by atoms with Crippen LogP contribution in [0, 0.1) is 12.7 Å². The van der Waals surface area contributed by atoms with Gasteiger partial charge < -0.3 is 15.0 Å². The zero-order valence-corrected chi connectivity index (χ0v) is 28.0. The van der Waals surface area contributed by atoms with Crippen molar-refractivity contribution < 1.29 is 27.1 Å². The number of hydrogen-bond donors (Lipinski definition) is 1. The van der Waals surface area contributed by atoms with Gasteiger partial charge in [-0.3, -0.25) is 13.9 Å². The normalized spacial score (nSPS) is 12.5. The van der Waals surface area contributed by atoms with Crippen LogP contribution < -0.4 is 14.4 Å². The fourth-order valence-corrected chi connectivity index (χ4v) is 6.46. The molecule has 248 valence electrons. The van der Waals surface area contributed by atoms with E-state index in [0.29, 0.717) is 18.8 Å². The first-order valence-electron chi connectivity index (χ1n) is 15.7. The molecule has 0 aliphatic heterocycles. The summed E-state index contributed by atoms with van der Waals surface area (Å²) in [4.78, 5) is 29.7. The Balaban J connectivity index is 1.81. The molecular formula is C37H42FN3O5S. The highest BCUT2D eigenvalue weighted by molar-refractivity contribution is 7.92. The van der Waals surface area contributed by atoms with Crippen molar-refractivity contribution in [3.63, 3.8) is 0 Å². The first kappa shape index (κ1) is 35.2. The molecule has 0 aliphatic rings. The van der Waals surface area contributed by atoms with E-state index >= 15 is 4.39 Å². The SMILES string of the molecule is CCOc1ccc(N(CC(=O)N(Cc2ccccc2F)[C@@H](Cc2ccccc2)C(=O)N[C@H](C)CC)S(=O)(=O)c2ccc(C)cc2)cc1. The van der Waals surface area contributed by atoms with Crippen LogP contribution in [0.15, 0.2) is 108 Å². The molecule has 0 saturated heterocycles. The number of sulfonamides is 1. The maximum atomic E-state index is 15.1. The molecular weight excluding hydrogens is 617 g/mol. The third-order valence-electron chi connectivity index (χ3n) is 7.89. The van der Waals surface area contributed by atoms with Crippen LogP contribution >= 0.6 is 0 Å². The molecule has 0 heterocycles. The van der Waals surface area contributed by atoms with Gasteiger partial charge in [-0.15, -0.1) is 0 Å². The Hall–Kier alpha value is -4.70. The summed E-state index contributed by atoms with van der Waals surface area (Å²) in [6.45, 7) is 7.03. The Labute approximate surface area is 277 Å². The summed E-state index contributed by atoms with van der Waals surface area (Å²) in [6, 6.07) is 26.8. The number of hydrogen-bond acceptors (Lipinski definition) is 5. The van der Waals surface area contributed by atoms with Gasteiger partial charge >= 0.3 is 0 Å². The van der Waals surface area contributed by atoms with E-state index in [1.165, 1.54) is 23.1 Å². The Morgan fingerprint density at radius 1 is 0.872 bits per heavy atom. The molecule has 0 spiro atoms. The van der Waals surface area contributed by atoms with Crippen molar-refractivity contribution >= 4 is 27.5 Å².